The van der Waals surface area contributed by atoms with Gasteiger partial charge in [0.15, 0.2) is 0 Å². The maximum absolute atomic E-state index is 12.0. The minimum Gasteiger partial charge on any atom is -0.357 e. The van der Waals surface area contributed by atoms with Gasteiger partial charge < -0.3 is 5.32 Å². The Morgan fingerprint density at radius 2 is 2.10 bits per heavy atom. The second-order valence-corrected chi connectivity index (χ2v) is 6.97. The molecular weight excluding hydrogens is 272 g/mol. The Morgan fingerprint density at radius 3 is 2.65 bits per heavy atom. The first-order valence-corrected chi connectivity index (χ1v) is 7.83. The zero-order valence-corrected chi connectivity index (χ0v) is 13.5. The van der Waals surface area contributed by atoms with E-state index in [4.69, 9.17) is 0 Å². The summed E-state index contributed by atoms with van der Waals surface area (Å²) in [5.41, 5.74) is 0.840. The van der Waals surface area contributed by atoms with E-state index in [-0.39, 0.29) is 11.0 Å². The molecule has 0 aliphatic heterocycles. The van der Waals surface area contributed by atoms with Gasteiger partial charge in [-0.15, -0.1) is 5.10 Å². The van der Waals surface area contributed by atoms with Crippen LogP contribution in [-0.4, -0.2) is 20.6 Å². The van der Waals surface area contributed by atoms with Crippen LogP contribution in [0.5, 0.6) is 0 Å². The second kappa shape index (κ2) is 5.52. The number of fused-ring (bicyclic) bond motifs is 1. The maximum atomic E-state index is 12.0. The molecule has 20 heavy (non-hydrogen) atoms. The van der Waals surface area contributed by atoms with E-state index in [2.05, 4.69) is 43.1 Å². The molecule has 2 aromatic rings. The minimum atomic E-state index is -0.111. The molecule has 1 unspecified atom stereocenters. The highest BCUT2D eigenvalue weighted by Gasteiger charge is 2.24. The first kappa shape index (κ1) is 15.0. The summed E-state index contributed by atoms with van der Waals surface area (Å²) in [5.74, 6) is 0. The molecule has 0 saturated carbocycles. The van der Waals surface area contributed by atoms with Crippen molar-refractivity contribution in [1.29, 1.82) is 0 Å². The van der Waals surface area contributed by atoms with Gasteiger partial charge in [-0.25, -0.2) is 4.98 Å². The summed E-state index contributed by atoms with van der Waals surface area (Å²) >= 11 is 1.43. The topological polar surface area (TPSA) is 59.3 Å². The van der Waals surface area contributed by atoms with E-state index < -0.39 is 0 Å². The molecule has 0 saturated heterocycles. The SMILES string of the molecule is CCc1cc(=O)n2nc(NC(CC)C(C)(C)C)sc2n1. The summed E-state index contributed by atoms with van der Waals surface area (Å²) in [6.07, 6.45) is 1.76. The molecule has 1 N–H and O–H groups in total. The van der Waals surface area contributed by atoms with Crippen LogP contribution in [0.2, 0.25) is 0 Å². The van der Waals surface area contributed by atoms with E-state index in [0.717, 1.165) is 23.7 Å². The standard InChI is InChI=1S/C14H22N4OS/c1-6-9-8-11(19)18-13(15-9)20-12(17-18)16-10(7-2)14(3,4)5/h8,10H,6-7H2,1-5H3,(H,16,17). The highest BCUT2D eigenvalue weighted by atomic mass is 32.1. The maximum Gasteiger partial charge on any atom is 0.275 e. The van der Waals surface area contributed by atoms with E-state index in [1.807, 2.05) is 6.92 Å². The van der Waals surface area contributed by atoms with Gasteiger partial charge in [-0.3, -0.25) is 4.79 Å². The predicted molar refractivity (Wildman–Crippen MR) is 83.7 cm³/mol. The molecule has 6 heteroatoms. The van der Waals surface area contributed by atoms with Crippen molar-refractivity contribution >= 4 is 21.4 Å². The van der Waals surface area contributed by atoms with Gasteiger partial charge in [-0.2, -0.15) is 4.52 Å². The molecule has 5 nitrogen and oxygen atoms in total. The van der Waals surface area contributed by atoms with Gasteiger partial charge >= 0.3 is 0 Å². The largest absolute Gasteiger partial charge is 0.357 e. The van der Waals surface area contributed by atoms with Crippen molar-refractivity contribution in [2.75, 3.05) is 5.32 Å². The lowest BCUT2D eigenvalue weighted by Crippen LogP contribution is -2.33. The molecular formula is C14H22N4OS. The quantitative estimate of drug-likeness (QED) is 0.942. The Labute approximate surface area is 123 Å². The smallest absolute Gasteiger partial charge is 0.275 e. The van der Waals surface area contributed by atoms with Crippen molar-refractivity contribution in [2.24, 2.45) is 5.41 Å². The third-order valence-corrected chi connectivity index (χ3v) is 4.25. The third-order valence-electron chi connectivity index (χ3n) is 3.41. The third kappa shape index (κ3) is 3.00. The molecule has 2 heterocycles. The summed E-state index contributed by atoms with van der Waals surface area (Å²) in [5, 5.41) is 8.52. The fraction of sp³-hybridized carbons (Fsp3) is 0.643. The average Bonchev–Trinajstić information content (AvgIpc) is 2.77. The second-order valence-electron chi connectivity index (χ2n) is 6.01. The van der Waals surface area contributed by atoms with Gasteiger partial charge in [0, 0.05) is 17.8 Å². The summed E-state index contributed by atoms with van der Waals surface area (Å²) < 4.78 is 1.38. The molecule has 1 atom stereocenters. The summed E-state index contributed by atoms with van der Waals surface area (Å²) in [6, 6.07) is 1.86. The number of aryl methyl sites for hydroxylation is 1. The molecule has 0 spiro atoms. The normalized spacial score (nSPS) is 13.7. The van der Waals surface area contributed by atoms with Crippen molar-refractivity contribution in [3.8, 4) is 0 Å². The number of nitrogens with zero attached hydrogens (tertiary/aromatic N) is 3. The van der Waals surface area contributed by atoms with Crippen molar-refractivity contribution in [3.05, 3.63) is 22.1 Å². The summed E-state index contributed by atoms with van der Waals surface area (Å²) in [4.78, 5) is 17.1. The lowest BCUT2D eigenvalue weighted by molar-refractivity contribution is 0.333. The van der Waals surface area contributed by atoms with E-state index >= 15 is 0 Å². The van der Waals surface area contributed by atoms with Gasteiger partial charge in [-0.1, -0.05) is 46.0 Å². The van der Waals surface area contributed by atoms with Crippen LogP contribution in [0.4, 0.5) is 5.13 Å². The lowest BCUT2D eigenvalue weighted by atomic mass is 9.85. The van der Waals surface area contributed by atoms with Crippen LogP contribution in [-0.2, 0) is 6.42 Å². The number of rotatable bonds is 4. The Hall–Kier alpha value is -1.43. The Balaban J connectivity index is 2.37. The van der Waals surface area contributed by atoms with Gasteiger partial charge in [0.1, 0.15) is 0 Å². The van der Waals surface area contributed by atoms with Gasteiger partial charge in [0.25, 0.3) is 5.56 Å². The highest BCUT2D eigenvalue weighted by molar-refractivity contribution is 7.20. The minimum absolute atomic E-state index is 0.111. The lowest BCUT2D eigenvalue weighted by Gasteiger charge is -2.30. The van der Waals surface area contributed by atoms with Crippen LogP contribution in [0, 0.1) is 5.41 Å². The fourth-order valence-electron chi connectivity index (χ4n) is 2.18. The predicted octanol–water partition coefficient (Wildman–Crippen LogP) is 2.95. The molecule has 110 valence electrons. The highest BCUT2D eigenvalue weighted by Crippen LogP contribution is 2.27. The van der Waals surface area contributed by atoms with Crippen LogP contribution in [0.1, 0.15) is 46.7 Å². The van der Waals surface area contributed by atoms with E-state index in [1.165, 1.54) is 15.9 Å². The van der Waals surface area contributed by atoms with E-state index in [9.17, 15) is 4.79 Å². The van der Waals surface area contributed by atoms with Crippen LogP contribution in [0.3, 0.4) is 0 Å². The average molecular weight is 294 g/mol. The molecule has 0 radical (unpaired) electrons. The van der Waals surface area contributed by atoms with Gasteiger partial charge in [0.2, 0.25) is 10.1 Å². The first-order valence-electron chi connectivity index (χ1n) is 7.01. The number of hydrogen-bond acceptors (Lipinski definition) is 5. The summed E-state index contributed by atoms with van der Waals surface area (Å²) in [7, 11) is 0. The summed E-state index contributed by atoms with van der Waals surface area (Å²) in [6.45, 7) is 10.7. The van der Waals surface area contributed by atoms with Crippen LogP contribution in [0.25, 0.3) is 4.96 Å². The molecule has 0 bridgehead atoms. The molecule has 0 fully saturated rings. The van der Waals surface area contributed by atoms with Gasteiger partial charge in [0.05, 0.1) is 0 Å². The Kier molecular flexibility index (Phi) is 4.13. The Morgan fingerprint density at radius 1 is 1.40 bits per heavy atom. The van der Waals surface area contributed by atoms with Crippen LogP contribution in [0.15, 0.2) is 10.9 Å². The van der Waals surface area contributed by atoms with Crippen LogP contribution < -0.4 is 10.9 Å². The van der Waals surface area contributed by atoms with Crippen LogP contribution >= 0.6 is 11.3 Å². The van der Waals surface area contributed by atoms with Crippen molar-refractivity contribution < 1.29 is 0 Å². The van der Waals surface area contributed by atoms with Crippen molar-refractivity contribution in [2.45, 2.75) is 53.5 Å². The zero-order chi connectivity index (χ0) is 14.9. The fourth-order valence-corrected chi connectivity index (χ4v) is 3.05. The Bertz CT molecular complexity index is 653. The molecule has 2 rings (SSSR count). The van der Waals surface area contributed by atoms with E-state index in [1.54, 1.807) is 6.07 Å². The number of anilines is 1. The molecule has 0 aliphatic carbocycles. The van der Waals surface area contributed by atoms with Gasteiger partial charge in [-0.05, 0) is 18.3 Å². The zero-order valence-electron chi connectivity index (χ0n) is 12.7. The van der Waals surface area contributed by atoms with E-state index in [0.29, 0.717) is 11.0 Å². The molecule has 2 aromatic heterocycles. The molecule has 0 aromatic carbocycles. The number of nitrogens with one attached hydrogen (secondary N) is 1. The molecule has 0 aliphatic rings. The monoisotopic (exact) mass is 294 g/mol. The number of aromatic nitrogens is 3. The number of hydrogen-bond donors (Lipinski definition) is 1. The molecule has 0 amide bonds. The van der Waals surface area contributed by atoms with Crippen molar-refractivity contribution in [1.82, 2.24) is 14.6 Å². The van der Waals surface area contributed by atoms with Crippen molar-refractivity contribution in [3.63, 3.8) is 0 Å². The first-order chi connectivity index (χ1) is 9.35.